The zero-order chi connectivity index (χ0) is 19.5. The molecule has 27 heavy (non-hydrogen) atoms. The van der Waals surface area contributed by atoms with E-state index in [9.17, 15) is 4.79 Å². The SMILES string of the molecule is CCCCCOc1ccc(/C=N/NC(=O)COc2cccc(C)c2C)cc1. The minimum Gasteiger partial charge on any atom is -0.494 e. The third kappa shape index (κ3) is 7.13. The van der Waals surface area contributed by atoms with Gasteiger partial charge < -0.3 is 9.47 Å². The van der Waals surface area contributed by atoms with Gasteiger partial charge in [-0.3, -0.25) is 4.79 Å². The van der Waals surface area contributed by atoms with Gasteiger partial charge in [-0.25, -0.2) is 5.43 Å². The molecule has 1 amide bonds. The molecule has 0 aliphatic rings. The first kappa shape index (κ1) is 20.5. The number of amides is 1. The highest BCUT2D eigenvalue weighted by molar-refractivity contribution is 5.83. The predicted octanol–water partition coefficient (Wildman–Crippen LogP) is 4.40. The van der Waals surface area contributed by atoms with Crippen molar-refractivity contribution >= 4 is 12.1 Å². The molecule has 144 valence electrons. The molecular formula is C22H28N2O3. The molecule has 2 aromatic rings. The number of unbranched alkanes of at least 4 members (excludes halogenated alkanes) is 2. The van der Waals surface area contributed by atoms with Gasteiger partial charge in [0.1, 0.15) is 11.5 Å². The Bertz CT molecular complexity index is 755. The van der Waals surface area contributed by atoms with Crippen molar-refractivity contribution in [2.75, 3.05) is 13.2 Å². The van der Waals surface area contributed by atoms with Gasteiger partial charge in [0.25, 0.3) is 5.91 Å². The van der Waals surface area contributed by atoms with Crippen LogP contribution in [0.15, 0.2) is 47.6 Å². The lowest BCUT2D eigenvalue weighted by atomic mass is 10.1. The quantitative estimate of drug-likeness (QED) is 0.384. The highest BCUT2D eigenvalue weighted by atomic mass is 16.5. The number of aryl methyl sites for hydroxylation is 1. The lowest BCUT2D eigenvalue weighted by Crippen LogP contribution is -2.24. The van der Waals surface area contributed by atoms with E-state index in [0.29, 0.717) is 5.75 Å². The highest BCUT2D eigenvalue weighted by Gasteiger charge is 2.05. The van der Waals surface area contributed by atoms with Crippen molar-refractivity contribution < 1.29 is 14.3 Å². The van der Waals surface area contributed by atoms with E-state index in [1.165, 1.54) is 12.8 Å². The summed E-state index contributed by atoms with van der Waals surface area (Å²) in [5.74, 6) is 1.25. The van der Waals surface area contributed by atoms with Gasteiger partial charge in [-0.05, 0) is 67.3 Å². The first-order valence-electron chi connectivity index (χ1n) is 9.34. The molecule has 0 unspecified atom stereocenters. The van der Waals surface area contributed by atoms with E-state index in [2.05, 4.69) is 17.5 Å². The van der Waals surface area contributed by atoms with Crippen LogP contribution in [0.25, 0.3) is 0 Å². The second kappa shape index (κ2) is 11.0. The van der Waals surface area contributed by atoms with Crippen molar-refractivity contribution in [2.45, 2.75) is 40.0 Å². The fraction of sp³-hybridized carbons (Fsp3) is 0.364. The number of carbonyl (C=O) groups is 1. The predicted molar refractivity (Wildman–Crippen MR) is 109 cm³/mol. The highest BCUT2D eigenvalue weighted by Crippen LogP contribution is 2.20. The minimum absolute atomic E-state index is 0.0772. The van der Waals surface area contributed by atoms with E-state index in [0.717, 1.165) is 35.5 Å². The van der Waals surface area contributed by atoms with Crippen LogP contribution < -0.4 is 14.9 Å². The van der Waals surface area contributed by atoms with E-state index < -0.39 is 0 Å². The van der Waals surface area contributed by atoms with Crippen LogP contribution in [0.4, 0.5) is 0 Å². The number of hydrogen-bond donors (Lipinski definition) is 1. The Morgan fingerprint density at radius 3 is 2.59 bits per heavy atom. The van der Waals surface area contributed by atoms with Crippen LogP contribution >= 0.6 is 0 Å². The first-order chi connectivity index (χ1) is 13.1. The molecule has 0 bridgehead atoms. The van der Waals surface area contributed by atoms with Crippen LogP contribution in [0.1, 0.15) is 42.9 Å². The van der Waals surface area contributed by atoms with Gasteiger partial charge in [-0.15, -0.1) is 0 Å². The van der Waals surface area contributed by atoms with E-state index in [-0.39, 0.29) is 12.5 Å². The van der Waals surface area contributed by atoms with Crippen molar-refractivity contribution in [3.8, 4) is 11.5 Å². The summed E-state index contributed by atoms with van der Waals surface area (Å²) in [5, 5.41) is 3.96. The topological polar surface area (TPSA) is 59.9 Å². The lowest BCUT2D eigenvalue weighted by molar-refractivity contribution is -0.123. The van der Waals surface area contributed by atoms with Crippen LogP contribution in [0.5, 0.6) is 11.5 Å². The molecule has 0 aromatic heterocycles. The van der Waals surface area contributed by atoms with Crippen LogP contribution in [-0.4, -0.2) is 25.3 Å². The minimum atomic E-state index is -0.303. The molecule has 1 N–H and O–H groups in total. The summed E-state index contributed by atoms with van der Waals surface area (Å²) in [4.78, 5) is 11.9. The average Bonchev–Trinajstić information content (AvgIpc) is 2.67. The molecule has 0 spiro atoms. The fourth-order valence-electron chi connectivity index (χ4n) is 2.43. The summed E-state index contributed by atoms with van der Waals surface area (Å²) < 4.78 is 11.2. The van der Waals surface area contributed by atoms with Gasteiger partial charge in [-0.1, -0.05) is 31.9 Å². The zero-order valence-electron chi connectivity index (χ0n) is 16.3. The standard InChI is InChI=1S/C22H28N2O3/c1-4-5-6-14-26-20-12-10-19(11-13-20)15-23-24-22(25)16-27-21-9-7-8-17(2)18(21)3/h7-13,15H,4-6,14,16H2,1-3H3,(H,24,25)/b23-15+. The molecule has 0 saturated heterocycles. The zero-order valence-corrected chi connectivity index (χ0v) is 16.3. The van der Waals surface area contributed by atoms with Crippen LogP contribution in [0.2, 0.25) is 0 Å². The Labute approximate surface area is 161 Å². The van der Waals surface area contributed by atoms with Crippen molar-refractivity contribution in [3.63, 3.8) is 0 Å². The molecule has 5 heteroatoms. The summed E-state index contributed by atoms with van der Waals surface area (Å²) in [7, 11) is 0. The average molecular weight is 368 g/mol. The smallest absolute Gasteiger partial charge is 0.277 e. The van der Waals surface area contributed by atoms with Crippen molar-refractivity contribution in [1.29, 1.82) is 0 Å². The number of hydrazone groups is 1. The van der Waals surface area contributed by atoms with Crippen molar-refractivity contribution in [2.24, 2.45) is 5.10 Å². The maximum Gasteiger partial charge on any atom is 0.277 e. The molecule has 0 saturated carbocycles. The number of hydrogen-bond acceptors (Lipinski definition) is 4. The third-order valence-electron chi connectivity index (χ3n) is 4.21. The Morgan fingerprint density at radius 2 is 1.85 bits per heavy atom. The van der Waals surface area contributed by atoms with E-state index in [1.807, 2.05) is 56.3 Å². The summed E-state index contributed by atoms with van der Waals surface area (Å²) >= 11 is 0. The monoisotopic (exact) mass is 368 g/mol. The molecular weight excluding hydrogens is 340 g/mol. The largest absolute Gasteiger partial charge is 0.494 e. The van der Waals surface area contributed by atoms with Crippen LogP contribution in [0.3, 0.4) is 0 Å². The van der Waals surface area contributed by atoms with Crippen molar-refractivity contribution in [3.05, 3.63) is 59.2 Å². The Hall–Kier alpha value is -2.82. The Balaban J connectivity index is 1.74. The number of rotatable bonds is 10. The molecule has 0 fully saturated rings. The third-order valence-corrected chi connectivity index (χ3v) is 4.21. The van der Waals surface area contributed by atoms with Gasteiger partial charge in [-0.2, -0.15) is 5.10 Å². The lowest BCUT2D eigenvalue weighted by Gasteiger charge is -2.09. The number of ether oxygens (including phenoxy) is 2. The molecule has 0 heterocycles. The Morgan fingerprint density at radius 1 is 1.07 bits per heavy atom. The molecule has 0 atom stereocenters. The van der Waals surface area contributed by atoms with Crippen molar-refractivity contribution in [1.82, 2.24) is 5.43 Å². The maximum absolute atomic E-state index is 11.9. The summed E-state index contributed by atoms with van der Waals surface area (Å²) in [6, 6.07) is 13.4. The molecule has 0 radical (unpaired) electrons. The second-order valence-corrected chi connectivity index (χ2v) is 6.40. The summed E-state index contributed by atoms with van der Waals surface area (Å²) in [6.45, 7) is 6.80. The normalized spacial score (nSPS) is 10.8. The van der Waals surface area contributed by atoms with E-state index in [1.54, 1.807) is 6.21 Å². The van der Waals surface area contributed by atoms with Crippen LogP contribution in [-0.2, 0) is 4.79 Å². The van der Waals surface area contributed by atoms with Gasteiger partial charge in [0.2, 0.25) is 0 Å². The second-order valence-electron chi connectivity index (χ2n) is 6.40. The van der Waals surface area contributed by atoms with Gasteiger partial charge >= 0.3 is 0 Å². The summed E-state index contributed by atoms with van der Waals surface area (Å²) in [6.07, 6.45) is 5.02. The molecule has 5 nitrogen and oxygen atoms in total. The molecule has 2 rings (SSSR count). The Kier molecular flexibility index (Phi) is 8.36. The van der Waals surface area contributed by atoms with Gasteiger partial charge in [0, 0.05) is 0 Å². The first-order valence-corrected chi connectivity index (χ1v) is 9.34. The molecule has 0 aliphatic carbocycles. The van der Waals surface area contributed by atoms with Crippen LogP contribution in [0, 0.1) is 13.8 Å². The van der Waals surface area contributed by atoms with E-state index >= 15 is 0 Å². The van der Waals surface area contributed by atoms with E-state index in [4.69, 9.17) is 9.47 Å². The number of carbonyl (C=O) groups excluding carboxylic acids is 1. The molecule has 0 aliphatic heterocycles. The maximum atomic E-state index is 11.9. The van der Waals surface area contributed by atoms with Gasteiger partial charge in [0.05, 0.1) is 12.8 Å². The fourth-order valence-corrected chi connectivity index (χ4v) is 2.43. The number of nitrogens with one attached hydrogen (secondary N) is 1. The molecule has 2 aromatic carbocycles. The van der Waals surface area contributed by atoms with Gasteiger partial charge in [0.15, 0.2) is 6.61 Å². The number of nitrogens with zero attached hydrogens (tertiary/aromatic N) is 1. The summed E-state index contributed by atoms with van der Waals surface area (Å²) in [5.41, 5.74) is 5.52. The number of benzene rings is 2.